The molecule has 5 atom stereocenters. The van der Waals surface area contributed by atoms with Gasteiger partial charge in [0.25, 0.3) is 0 Å². The molecule has 5 unspecified atom stereocenters. The second kappa shape index (κ2) is 72.8. The highest BCUT2D eigenvalue weighted by Crippen LogP contribution is 2.45. The van der Waals surface area contributed by atoms with Crippen LogP contribution in [0.1, 0.15) is 310 Å². The fourth-order valence-electron chi connectivity index (χ4n) is 10.1. The topological polar surface area (TPSA) is 237 Å². The van der Waals surface area contributed by atoms with Gasteiger partial charge in [-0.05, 0) is 122 Å². The van der Waals surface area contributed by atoms with Gasteiger partial charge in [-0.25, -0.2) is 9.13 Å². The van der Waals surface area contributed by atoms with Crippen molar-refractivity contribution in [2.75, 3.05) is 39.6 Å². The van der Waals surface area contributed by atoms with Gasteiger partial charge in [0.2, 0.25) is 0 Å². The van der Waals surface area contributed by atoms with E-state index in [1.54, 1.807) is 0 Å². The van der Waals surface area contributed by atoms with Crippen molar-refractivity contribution in [3.8, 4) is 0 Å². The molecule has 0 aliphatic carbocycles. The zero-order valence-corrected chi connectivity index (χ0v) is 64.4. The van der Waals surface area contributed by atoms with Crippen molar-refractivity contribution < 1.29 is 80.2 Å². The monoisotopic (exact) mass is 1440 g/mol. The van der Waals surface area contributed by atoms with Crippen LogP contribution in [0.2, 0.25) is 0 Å². The Morgan fingerprint density at radius 2 is 0.540 bits per heavy atom. The molecule has 0 rings (SSSR count). The Balaban J connectivity index is 5.39. The van der Waals surface area contributed by atoms with E-state index >= 15 is 0 Å². The molecular weight excluding hydrogens is 1310 g/mol. The van der Waals surface area contributed by atoms with E-state index in [9.17, 15) is 43.2 Å². The molecule has 0 heterocycles. The number of carbonyl (C=O) groups excluding carboxylic acids is 4. The van der Waals surface area contributed by atoms with E-state index in [2.05, 4.69) is 137 Å². The maximum Gasteiger partial charge on any atom is 0.472 e. The van der Waals surface area contributed by atoms with Crippen LogP contribution >= 0.6 is 15.6 Å². The summed E-state index contributed by atoms with van der Waals surface area (Å²) in [5, 5.41) is 10.6. The lowest BCUT2D eigenvalue weighted by Gasteiger charge is -2.21. The number of aliphatic hydroxyl groups is 1. The molecule has 0 aromatic heterocycles. The minimum absolute atomic E-state index is 0.0759. The quantitative estimate of drug-likeness (QED) is 0.0169. The van der Waals surface area contributed by atoms with Gasteiger partial charge in [-0.15, -0.1) is 0 Å². The van der Waals surface area contributed by atoms with Crippen molar-refractivity contribution in [3.05, 3.63) is 122 Å². The number of esters is 4. The fourth-order valence-corrected chi connectivity index (χ4v) is 11.6. The normalized spacial score (nSPS) is 14.6. The van der Waals surface area contributed by atoms with Crippen LogP contribution in [-0.4, -0.2) is 96.7 Å². The Morgan fingerprint density at radius 1 is 0.290 bits per heavy atom. The Labute approximate surface area is 606 Å². The van der Waals surface area contributed by atoms with Gasteiger partial charge in [-0.2, -0.15) is 0 Å². The van der Waals surface area contributed by atoms with Gasteiger partial charge in [-0.3, -0.25) is 37.3 Å². The summed E-state index contributed by atoms with van der Waals surface area (Å²) >= 11 is 0. The molecule has 0 radical (unpaired) electrons. The van der Waals surface area contributed by atoms with Crippen molar-refractivity contribution in [2.45, 2.75) is 329 Å². The minimum Gasteiger partial charge on any atom is -0.462 e. The van der Waals surface area contributed by atoms with E-state index in [4.69, 9.17) is 37.0 Å². The lowest BCUT2D eigenvalue weighted by atomic mass is 10.0. The van der Waals surface area contributed by atoms with Crippen LogP contribution < -0.4 is 0 Å². The summed E-state index contributed by atoms with van der Waals surface area (Å²) in [5.41, 5.74) is 0. The van der Waals surface area contributed by atoms with Crippen LogP contribution in [0.25, 0.3) is 0 Å². The van der Waals surface area contributed by atoms with Gasteiger partial charge < -0.3 is 33.8 Å². The number of hydrogen-bond acceptors (Lipinski definition) is 15. The highest BCUT2D eigenvalue weighted by molar-refractivity contribution is 7.47. The number of carbonyl (C=O) groups is 4. The van der Waals surface area contributed by atoms with E-state index in [1.807, 2.05) is 12.2 Å². The average Bonchev–Trinajstić information content (AvgIpc) is 1.02. The summed E-state index contributed by atoms with van der Waals surface area (Å²) in [6.07, 6.45) is 79.1. The first-order chi connectivity index (χ1) is 48.7. The summed E-state index contributed by atoms with van der Waals surface area (Å²) < 4.78 is 68.4. The van der Waals surface area contributed by atoms with Crippen LogP contribution in [0, 0.1) is 0 Å². The lowest BCUT2D eigenvalue weighted by Crippen LogP contribution is -2.30. The van der Waals surface area contributed by atoms with Crippen molar-refractivity contribution in [3.63, 3.8) is 0 Å². The number of unbranched alkanes of at least 4 members (excludes halogenated alkanes) is 26. The van der Waals surface area contributed by atoms with E-state index < -0.39 is 97.5 Å². The minimum atomic E-state index is -4.99. The SMILES string of the molecule is CC/C=C\C/C=C\C/C=C\C/C=C\C/C=C\CCCC(=O)OCC(COP(=O)(O)OCC(O)COP(=O)(O)OCC(COC(=O)CCCCCC/C=C\C/C=C\C/C=C\C/C=C\CC)OC(=O)CCCCCCC/C=C\CCCC)OC(=O)CCCCCCCCCCCCCCCCC. The number of phosphoric acid groups is 2. The van der Waals surface area contributed by atoms with Gasteiger partial charge in [0.1, 0.15) is 19.3 Å². The Hall–Kier alpha value is -4.54. The van der Waals surface area contributed by atoms with Crippen LogP contribution in [0.3, 0.4) is 0 Å². The van der Waals surface area contributed by atoms with E-state index in [0.29, 0.717) is 32.1 Å². The first kappa shape index (κ1) is 95.5. The summed E-state index contributed by atoms with van der Waals surface area (Å²) in [7, 11) is -9.97. The number of aliphatic hydroxyl groups excluding tert-OH is 1. The molecule has 3 N–H and O–H groups in total. The molecule has 19 heteroatoms. The number of allylic oxidation sites excluding steroid dienone is 20. The molecule has 0 spiro atoms. The maximum atomic E-state index is 13.1. The first-order valence-electron chi connectivity index (χ1n) is 38.8. The fraction of sp³-hybridized carbons (Fsp3) is 0.704. The van der Waals surface area contributed by atoms with Crippen LogP contribution in [0.4, 0.5) is 0 Å². The molecule has 0 aliphatic rings. The number of rotatable bonds is 72. The van der Waals surface area contributed by atoms with Gasteiger partial charge in [0.15, 0.2) is 12.2 Å². The predicted molar refractivity (Wildman–Crippen MR) is 408 cm³/mol. The van der Waals surface area contributed by atoms with Gasteiger partial charge >= 0.3 is 39.5 Å². The highest BCUT2D eigenvalue weighted by atomic mass is 31.2. The smallest absolute Gasteiger partial charge is 0.462 e. The van der Waals surface area contributed by atoms with E-state index in [1.165, 1.54) is 77.0 Å². The van der Waals surface area contributed by atoms with Crippen molar-refractivity contribution >= 4 is 39.5 Å². The largest absolute Gasteiger partial charge is 0.472 e. The molecule has 0 aromatic carbocycles. The molecule has 0 bridgehead atoms. The molecule has 17 nitrogen and oxygen atoms in total. The molecule has 0 amide bonds. The van der Waals surface area contributed by atoms with Crippen molar-refractivity contribution in [1.82, 2.24) is 0 Å². The zero-order chi connectivity index (χ0) is 73.2. The zero-order valence-electron chi connectivity index (χ0n) is 62.6. The molecule has 0 aromatic rings. The summed E-state index contributed by atoms with van der Waals surface area (Å²) in [6, 6.07) is 0. The summed E-state index contributed by atoms with van der Waals surface area (Å²) in [5.74, 6) is -2.27. The molecule has 0 aliphatic heterocycles. The molecule has 0 saturated carbocycles. The lowest BCUT2D eigenvalue weighted by molar-refractivity contribution is -0.161. The second-order valence-electron chi connectivity index (χ2n) is 25.5. The number of hydrogen-bond donors (Lipinski definition) is 3. The summed E-state index contributed by atoms with van der Waals surface area (Å²) in [4.78, 5) is 72.8. The molecule has 0 saturated heterocycles. The van der Waals surface area contributed by atoms with Gasteiger partial charge in [0, 0.05) is 25.7 Å². The third-order valence-corrected chi connectivity index (χ3v) is 17.8. The predicted octanol–water partition coefficient (Wildman–Crippen LogP) is 22.3. The van der Waals surface area contributed by atoms with Crippen molar-refractivity contribution in [2.24, 2.45) is 0 Å². The van der Waals surface area contributed by atoms with Crippen LogP contribution in [-0.2, 0) is 65.4 Å². The van der Waals surface area contributed by atoms with Gasteiger partial charge in [-0.1, -0.05) is 284 Å². The molecular formula is C81H138O17P2. The average molecular weight is 1450 g/mol. The van der Waals surface area contributed by atoms with E-state index in [-0.39, 0.29) is 25.7 Å². The molecule has 0 fully saturated rings. The Morgan fingerprint density at radius 3 is 0.880 bits per heavy atom. The standard InChI is InChI=1S/C81H138O17P2/c1-5-9-13-17-21-25-29-32-35-37-40-42-46-49-53-57-61-65-78(83)91-71-76(97-80(85)67-63-59-55-51-45-28-24-20-16-12-8-4)73-95-99(87,88)93-69-75(82)70-94-100(89,90)96-74-77(98-81(86)68-64-60-56-52-48-44-39-34-31-27-23-19-15-11-7-3)72-92-79(84)66-62-58-54-50-47-43-41-38-36-33-30-26-22-18-14-10-6-2/h9-10,13-14,20-22,24-26,32-33,35-36,40-43,50,54,75-77,82H,5-8,11-12,15-19,23,27-31,34,37-39,44-49,51-53,55-74H2,1-4H3,(H,87,88)(H,89,90)/b13-9-,14-10-,24-20-,25-21-,26-22-,35-32-,36-33-,42-40-,43-41-,54-50-. The molecule has 574 valence electrons. The van der Waals surface area contributed by atoms with E-state index in [0.717, 1.165) is 148 Å². The third-order valence-electron chi connectivity index (χ3n) is 15.9. The Kier molecular flexibility index (Phi) is 69.5. The maximum absolute atomic E-state index is 13.1. The summed E-state index contributed by atoms with van der Waals surface area (Å²) in [6.45, 7) is 4.52. The Bertz CT molecular complexity index is 2370. The van der Waals surface area contributed by atoms with Crippen LogP contribution in [0.15, 0.2) is 122 Å². The van der Waals surface area contributed by atoms with Crippen molar-refractivity contribution in [1.29, 1.82) is 0 Å². The number of ether oxygens (including phenoxy) is 4. The number of phosphoric ester groups is 2. The third kappa shape index (κ3) is 71.8. The van der Waals surface area contributed by atoms with Crippen LogP contribution in [0.5, 0.6) is 0 Å². The molecule has 100 heavy (non-hydrogen) atoms. The van der Waals surface area contributed by atoms with Gasteiger partial charge in [0.05, 0.1) is 26.4 Å². The highest BCUT2D eigenvalue weighted by Gasteiger charge is 2.30. The first-order valence-corrected chi connectivity index (χ1v) is 41.8. The second-order valence-corrected chi connectivity index (χ2v) is 28.4.